The lowest BCUT2D eigenvalue weighted by atomic mass is 10.1. The fourth-order valence-electron chi connectivity index (χ4n) is 3.86. The summed E-state index contributed by atoms with van der Waals surface area (Å²) in [4.78, 5) is 21.9. The Hall–Kier alpha value is -2.77. The van der Waals surface area contributed by atoms with E-state index in [1.807, 2.05) is 35.8 Å². The predicted molar refractivity (Wildman–Crippen MR) is 114 cm³/mol. The summed E-state index contributed by atoms with van der Waals surface area (Å²) in [5, 5.41) is 0. The number of hydrogen-bond acceptors (Lipinski definition) is 4. The predicted octanol–water partition coefficient (Wildman–Crippen LogP) is 3.10. The molecule has 1 aromatic heterocycles. The van der Waals surface area contributed by atoms with Crippen molar-refractivity contribution in [1.29, 1.82) is 0 Å². The SMILES string of the molecule is CC(C(=O)N(CCN1CCOCC1)Cc1ccccc1F)n1cnc2ccccc21. The molecular formula is C23H27FN4O2. The van der Waals surface area contributed by atoms with Gasteiger partial charge in [-0.15, -0.1) is 0 Å². The van der Waals surface area contributed by atoms with Crippen LogP contribution >= 0.6 is 0 Å². The number of benzene rings is 2. The van der Waals surface area contributed by atoms with Gasteiger partial charge in [0.2, 0.25) is 5.91 Å². The zero-order valence-electron chi connectivity index (χ0n) is 17.2. The van der Waals surface area contributed by atoms with E-state index in [1.165, 1.54) is 6.07 Å². The van der Waals surface area contributed by atoms with Gasteiger partial charge in [0.1, 0.15) is 11.9 Å². The lowest BCUT2D eigenvalue weighted by Gasteiger charge is -2.31. The molecule has 0 spiro atoms. The first-order valence-electron chi connectivity index (χ1n) is 10.4. The first-order valence-corrected chi connectivity index (χ1v) is 10.4. The summed E-state index contributed by atoms with van der Waals surface area (Å²) < 4.78 is 21.6. The van der Waals surface area contributed by atoms with Gasteiger partial charge in [0.05, 0.1) is 30.6 Å². The quantitative estimate of drug-likeness (QED) is 0.601. The molecule has 3 aromatic rings. The Kier molecular flexibility index (Phi) is 6.40. The Morgan fingerprint density at radius 3 is 2.70 bits per heavy atom. The topological polar surface area (TPSA) is 50.6 Å². The average Bonchev–Trinajstić information content (AvgIpc) is 3.22. The van der Waals surface area contributed by atoms with E-state index in [0.29, 0.717) is 25.3 Å². The number of carbonyl (C=O) groups is 1. The van der Waals surface area contributed by atoms with E-state index in [2.05, 4.69) is 9.88 Å². The van der Waals surface area contributed by atoms with Gasteiger partial charge in [-0.3, -0.25) is 9.69 Å². The normalized spacial score (nSPS) is 15.9. The van der Waals surface area contributed by atoms with Gasteiger partial charge < -0.3 is 14.2 Å². The molecule has 1 unspecified atom stereocenters. The highest BCUT2D eigenvalue weighted by Crippen LogP contribution is 2.20. The molecule has 1 fully saturated rings. The van der Waals surface area contributed by atoms with E-state index in [-0.39, 0.29) is 18.3 Å². The maximum Gasteiger partial charge on any atom is 0.245 e. The smallest absolute Gasteiger partial charge is 0.245 e. The summed E-state index contributed by atoms with van der Waals surface area (Å²) >= 11 is 0. The molecule has 0 N–H and O–H groups in total. The highest BCUT2D eigenvalue weighted by molar-refractivity contribution is 5.83. The van der Waals surface area contributed by atoms with Crippen LogP contribution < -0.4 is 0 Å². The largest absolute Gasteiger partial charge is 0.379 e. The van der Waals surface area contributed by atoms with Crippen LogP contribution in [-0.4, -0.2) is 64.7 Å². The van der Waals surface area contributed by atoms with Crippen LogP contribution in [0.4, 0.5) is 4.39 Å². The molecule has 1 aliphatic heterocycles. The van der Waals surface area contributed by atoms with Gasteiger partial charge >= 0.3 is 0 Å². The average molecular weight is 410 g/mol. The molecule has 158 valence electrons. The second-order valence-corrected chi connectivity index (χ2v) is 7.62. The van der Waals surface area contributed by atoms with Gasteiger partial charge in [-0.2, -0.15) is 0 Å². The van der Waals surface area contributed by atoms with Crippen molar-refractivity contribution in [3.05, 3.63) is 66.2 Å². The summed E-state index contributed by atoms with van der Waals surface area (Å²) in [6, 6.07) is 14.0. The van der Waals surface area contributed by atoms with Crippen LogP contribution in [0.25, 0.3) is 11.0 Å². The van der Waals surface area contributed by atoms with Crippen molar-refractivity contribution in [2.45, 2.75) is 19.5 Å². The van der Waals surface area contributed by atoms with Crippen molar-refractivity contribution in [1.82, 2.24) is 19.4 Å². The molecule has 0 aliphatic carbocycles. The summed E-state index contributed by atoms with van der Waals surface area (Å²) in [7, 11) is 0. The second-order valence-electron chi connectivity index (χ2n) is 7.62. The van der Waals surface area contributed by atoms with E-state index in [0.717, 1.165) is 30.7 Å². The van der Waals surface area contributed by atoms with E-state index >= 15 is 0 Å². The summed E-state index contributed by atoms with van der Waals surface area (Å²) in [5.74, 6) is -0.336. The van der Waals surface area contributed by atoms with Crippen molar-refractivity contribution in [2.75, 3.05) is 39.4 Å². The van der Waals surface area contributed by atoms with E-state index in [9.17, 15) is 9.18 Å². The Labute approximate surface area is 175 Å². The third-order valence-corrected chi connectivity index (χ3v) is 5.68. The number of hydrogen-bond donors (Lipinski definition) is 0. The van der Waals surface area contributed by atoms with Crippen LogP contribution in [0.15, 0.2) is 54.9 Å². The van der Waals surface area contributed by atoms with Gasteiger partial charge in [-0.05, 0) is 25.1 Å². The number of amides is 1. The number of imidazole rings is 1. The fraction of sp³-hybridized carbons (Fsp3) is 0.391. The molecule has 4 rings (SSSR count). The van der Waals surface area contributed by atoms with E-state index in [1.54, 1.807) is 29.4 Å². The zero-order valence-corrected chi connectivity index (χ0v) is 17.2. The van der Waals surface area contributed by atoms with Crippen molar-refractivity contribution >= 4 is 16.9 Å². The first-order chi connectivity index (χ1) is 14.6. The molecule has 1 atom stereocenters. The van der Waals surface area contributed by atoms with Crippen LogP contribution in [0.5, 0.6) is 0 Å². The van der Waals surface area contributed by atoms with Gasteiger partial charge in [0.25, 0.3) is 0 Å². The molecule has 0 radical (unpaired) electrons. The van der Waals surface area contributed by atoms with Crippen LogP contribution in [0, 0.1) is 5.82 Å². The molecule has 1 amide bonds. The molecule has 0 saturated carbocycles. The third-order valence-electron chi connectivity index (χ3n) is 5.68. The molecular weight excluding hydrogens is 383 g/mol. The van der Waals surface area contributed by atoms with Crippen LogP contribution in [-0.2, 0) is 16.1 Å². The highest BCUT2D eigenvalue weighted by Gasteiger charge is 2.25. The van der Waals surface area contributed by atoms with Crippen molar-refractivity contribution in [3.8, 4) is 0 Å². The molecule has 2 heterocycles. The number of aromatic nitrogens is 2. The molecule has 7 heteroatoms. The Bertz CT molecular complexity index is 1000. The van der Waals surface area contributed by atoms with Crippen molar-refractivity contribution < 1.29 is 13.9 Å². The van der Waals surface area contributed by atoms with Crippen LogP contribution in [0.2, 0.25) is 0 Å². The molecule has 0 bridgehead atoms. The number of nitrogens with zero attached hydrogens (tertiary/aromatic N) is 4. The lowest BCUT2D eigenvalue weighted by molar-refractivity contribution is -0.135. The number of para-hydroxylation sites is 2. The fourth-order valence-corrected chi connectivity index (χ4v) is 3.86. The summed E-state index contributed by atoms with van der Waals surface area (Å²) in [5.41, 5.74) is 2.29. The highest BCUT2D eigenvalue weighted by atomic mass is 19.1. The van der Waals surface area contributed by atoms with E-state index < -0.39 is 6.04 Å². The lowest BCUT2D eigenvalue weighted by Crippen LogP contribution is -2.44. The number of carbonyl (C=O) groups excluding carboxylic acids is 1. The minimum absolute atomic E-state index is 0.0466. The number of halogens is 1. The summed E-state index contributed by atoms with van der Waals surface area (Å²) in [6.45, 7) is 6.50. The second kappa shape index (κ2) is 9.36. The van der Waals surface area contributed by atoms with Crippen LogP contribution in [0.1, 0.15) is 18.5 Å². The van der Waals surface area contributed by atoms with Gasteiger partial charge in [0.15, 0.2) is 0 Å². The van der Waals surface area contributed by atoms with E-state index in [4.69, 9.17) is 4.74 Å². The number of rotatable bonds is 7. The number of morpholine rings is 1. The maximum absolute atomic E-state index is 14.3. The third kappa shape index (κ3) is 4.52. The van der Waals surface area contributed by atoms with Crippen molar-refractivity contribution in [3.63, 3.8) is 0 Å². The van der Waals surface area contributed by atoms with Gasteiger partial charge in [-0.1, -0.05) is 30.3 Å². The zero-order chi connectivity index (χ0) is 20.9. The molecule has 30 heavy (non-hydrogen) atoms. The Balaban J connectivity index is 1.55. The van der Waals surface area contributed by atoms with Gasteiger partial charge in [-0.25, -0.2) is 9.37 Å². The number of ether oxygens (including phenoxy) is 1. The van der Waals surface area contributed by atoms with Gasteiger partial charge in [0, 0.05) is 38.3 Å². The maximum atomic E-state index is 14.3. The standard InChI is InChI=1S/C23H27FN4O2/c1-18(28-17-25-21-8-4-5-9-22(21)28)23(29)27(11-10-26-12-14-30-15-13-26)16-19-6-2-3-7-20(19)24/h2-9,17-18H,10-16H2,1H3. The van der Waals surface area contributed by atoms with Crippen LogP contribution in [0.3, 0.4) is 0 Å². The molecule has 2 aromatic carbocycles. The van der Waals surface area contributed by atoms with Crippen molar-refractivity contribution in [2.24, 2.45) is 0 Å². The Morgan fingerprint density at radius 1 is 1.17 bits per heavy atom. The Morgan fingerprint density at radius 2 is 1.90 bits per heavy atom. The first kappa shape index (κ1) is 20.5. The molecule has 6 nitrogen and oxygen atoms in total. The summed E-state index contributed by atoms with van der Waals surface area (Å²) in [6.07, 6.45) is 1.70. The number of fused-ring (bicyclic) bond motifs is 1. The molecule has 1 aliphatic rings. The minimum Gasteiger partial charge on any atom is -0.379 e. The minimum atomic E-state index is -0.436. The molecule has 1 saturated heterocycles. The monoisotopic (exact) mass is 410 g/mol.